The largest absolute Gasteiger partial charge is 0.467 e. The molecule has 0 bridgehead atoms. The van der Waals surface area contributed by atoms with E-state index in [1.807, 2.05) is 37.3 Å². The topological polar surface area (TPSA) is 84.5 Å². The van der Waals surface area contributed by atoms with Crippen molar-refractivity contribution in [1.82, 2.24) is 10.6 Å². The lowest BCUT2D eigenvalue weighted by molar-refractivity contribution is -0.145. The highest BCUT2D eigenvalue weighted by Crippen LogP contribution is 2.22. The molecule has 0 aliphatic rings. The van der Waals surface area contributed by atoms with Crippen LogP contribution in [0.2, 0.25) is 5.02 Å². The van der Waals surface area contributed by atoms with Crippen LogP contribution in [0.5, 0.6) is 0 Å². The number of carbonyl (C=O) groups is 3. The number of methoxy groups -OCH3 is 1. The van der Waals surface area contributed by atoms with Gasteiger partial charge in [-0.2, -0.15) is 0 Å². The summed E-state index contributed by atoms with van der Waals surface area (Å²) in [6.07, 6.45) is 0.173. The molecule has 6 nitrogen and oxygen atoms in total. The molecule has 0 heterocycles. The average molecular weight is 496 g/mol. The Bertz CT molecular complexity index is 892. The van der Waals surface area contributed by atoms with Crippen LogP contribution in [-0.2, 0) is 25.5 Å². The molecule has 30 heavy (non-hydrogen) atoms. The van der Waals surface area contributed by atoms with E-state index in [-0.39, 0.29) is 31.2 Å². The van der Waals surface area contributed by atoms with E-state index in [1.54, 1.807) is 18.2 Å². The number of benzene rings is 2. The third kappa shape index (κ3) is 7.46. The van der Waals surface area contributed by atoms with Crippen LogP contribution in [0.1, 0.15) is 36.9 Å². The van der Waals surface area contributed by atoms with Gasteiger partial charge in [0.15, 0.2) is 0 Å². The predicted octanol–water partition coefficient (Wildman–Crippen LogP) is 3.96. The number of hydrogen-bond donors (Lipinski definition) is 2. The molecule has 0 fully saturated rings. The molecule has 2 N–H and O–H groups in total. The fourth-order valence-electron chi connectivity index (χ4n) is 2.89. The monoisotopic (exact) mass is 494 g/mol. The Labute approximate surface area is 189 Å². The lowest BCUT2D eigenvalue weighted by atomic mass is 10.1. The molecule has 2 rings (SSSR count). The summed E-state index contributed by atoms with van der Waals surface area (Å²) in [5.74, 6) is -1.22. The van der Waals surface area contributed by atoms with Gasteiger partial charge in [0.2, 0.25) is 11.8 Å². The Kier molecular flexibility index (Phi) is 9.33. The highest BCUT2D eigenvalue weighted by molar-refractivity contribution is 9.10. The first-order chi connectivity index (χ1) is 14.3. The third-order valence-electron chi connectivity index (χ3n) is 4.51. The Morgan fingerprint density at radius 3 is 2.30 bits per heavy atom. The molecular formula is C22H24BrClN2O4. The summed E-state index contributed by atoms with van der Waals surface area (Å²) in [6, 6.07) is 13.7. The van der Waals surface area contributed by atoms with Gasteiger partial charge in [-0.1, -0.05) is 57.9 Å². The predicted molar refractivity (Wildman–Crippen MR) is 119 cm³/mol. The Balaban J connectivity index is 1.90. The number of esters is 1. The van der Waals surface area contributed by atoms with E-state index in [0.29, 0.717) is 5.02 Å². The van der Waals surface area contributed by atoms with Gasteiger partial charge in [-0.3, -0.25) is 9.59 Å². The first kappa shape index (κ1) is 23.9. The maximum atomic E-state index is 12.3. The molecule has 160 valence electrons. The second-order valence-electron chi connectivity index (χ2n) is 6.78. The molecule has 0 aromatic heterocycles. The van der Waals surface area contributed by atoms with Crippen molar-refractivity contribution in [2.45, 2.75) is 38.3 Å². The van der Waals surface area contributed by atoms with Crippen molar-refractivity contribution in [2.75, 3.05) is 7.11 Å². The molecule has 2 aromatic carbocycles. The molecule has 8 heteroatoms. The maximum Gasteiger partial charge on any atom is 0.328 e. The normalized spacial score (nSPS) is 12.5. The number of nitrogens with one attached hydrogen (secondary N) is 2. The number of hydrogen-bond acceptors (Lipinski definition) is 4. The first-order valence-corrected chi connectivity index (χ1v) is 10.6. The maximum absolute atomic E-state index is 12.3. The van der Waals surface area contributed by atoms with Gasteiger partial charge >= 0.3 is 5.97 Å². The Hall–Kier alpha value is -2.38. The SMILES string of the molecule is COC(=O)[C@@H](Cc1cc(Cl)ccc1Br)NC(=O)CCC(=O)N[C@H](C)c1ccccc1. The van der Waals surface area contributed by atoms with Crippen LogP contribution in [0.4, 0.5) is 0 Å². The minimum atomic E-state index is -0.886. The lowest BCUT2D eigenvalue weighted by Gasteiger charge is -2.18. The molecule has 0 saturated heterocycles. The molecule has 2 amide bonds. The zero-order valence-electron chi connectivity index (χ0n) is 16.8. The zero-order chi connectivity index (χ0) is 22.1. The summed E-state index contributed by atoms with van der Waals surface area (Å²) in [6.45, 7) is 1.88. The molecule has 0 spiro atoms. The molecule has 0 aliphatic heterocycles. The molecule has 0 aliphatic carbocycles. The minimum Gasteiger partial charge on any atom is -0.467 e. The van der Waals surface area contributed by atoms with Crippen molar-refractivity contribution in [2.24, 2.45) is 0 Å². The molecule has 0 saturated carbocycles. The van der Waals surface area contributed by atoms with E-state index in [2.05, 4.69) is 26.6 Å². The van der Waals surface area contributed by atoms with Crippen molar-refractivity contribution in [3.05, 3.63) is 69.2 Å². The van der Waals surface area contributed by atoms with Crippen LogP contribution in [0.25, 0.3) is 0 Å². The van der Waals surface area contributed by atoms with E-state index < -0.39 is 17.9 Å². The number of rotatable bonds is 9. The standard InChI is InChI=1S/C22H24BrClN2O4/c1-14(15-6-4-3-5-7-15)25-20(27)10-11-21(28)26-19(22(29)30-2)13-16-12-17(24)8-9-18(16)23/h3-9,12,14,19H,10-11,13H2,1-2H3,(H,25,27)(H,26,28)/t14-,19-/m1/s1. The van der Waals surface area contributed by atoms with Gasteiger partial charge in [0, 0.05) is 28.8 Å². The van der Waals surface area contributed by atoms with Crippen molar-refractivity contribution in [1.29, 1.82) is 0 Å². The molecule has 2 aromatic rings. The van der Waals surface area contributed by atoms with Crippen LogP contribution >= 0.6 is 27.5 Å². The number of ether oxygens (including phenoxy) is 1. The smallest absolute Gasteiger partial charge is 0.328 e. The van der Waals surface area contributed by atoms with Gasteiger partial charge in [0.25, 0.3) is 0 Å². The second-order valence-corrected chi connectivity index (χ2v) is 8.07. The quantitative estimate of drug-likeness (QED) is 0.516. The van der Waals surface area contributed by atoms with E-state index in [0.717, 1.165) is 15.6 Å². The van der Waals surface area contributed by atoms with E-state index in [9.17, 15) is 14.4 Å². The van der Waals surface area contributed by atoms with Crippen LogP contribution in [0, 0.1) is 0 Å². The minimum absolute atomic E-state index is 0.0117. The number of amides is 2. The molecule has 0 radical (unpaired) electrons. The summed E-state index contributed by atoms with van der Waals surface area (Å²) in [7, 11) is 1.26. The average Bonchev–Trinajstić information content (AvgIpc) is 2.74. The van der Waals surface area contributed by atoms with Crippen molar-refractivity contribution in [3.63, 3.8) is 0 Å². The third-order valence-corrected chi connectivity index (χ3v) is 5.52. The highest BCUT2D eigenvalue weighted by Gasteiger charge is 2.23. The Morgan fingerprint density at radius 2 is 1.67 bits per heavy atom. The number of halogens is 2. The lowest BCUT2D eigenvalue weighted by Crippen LogP contribution is -2.43. The van der Waals surface area contributed by atoms with Crippen LogP contribution < -0.4 is 10.6 Å². The van der Waals surface area contributed by atoms with Gasteiger partial charge in [0.05, 0.1) is 13.2 Å². The fourth-order valence-corrected chi connectivity index (χ4v) is 3.49. The number of carbonyl (C=O) groups excluding carboxylic acids is 3. The summed E-state index contributed by atoms with van der Waals surface area (Å²) in [5, 5.41) is 6.03. The van der Waals surface area contributed by atoms with Gasteiger partial charge in [0.1, 0.15) is 6.04 Å². The van der Waals surface area contributed by atoms with Gasteiger partial charge < -0.3 is 15.4 Å². The van der Waals surface area contributed by atoms with Crippen molar-refractivity contribution >= 4 is 45.3 Å². The van der Waals surface area contributed by atoms with E-state index >= 15 is 0 Å². The summed E-state index contributed by atoms with van der Waals surface area (Å²) in [5.41, 5.74) is 1.74. The summed E-state index contributed by atoms with van der Waals surface area (Å²) in [4.78, 5) is 36.6. The zero-order valence-corrected chi connectivity index (χ0v) is 19.1. The Morgan fingerprint density at radius 1 is 1.03 bits per heavy atom. The first-order valence-electron chi connectivity index (χ1n) is 9.45. The summed E-state index contributed by atoms with van der Waals surface area (Å²) < 4.78 is 5.57. The molecule has 2 atom stereocenters. The van der Waals surface area contributed by atoms with E-state index in [1.165, 1.54) is 7.11 Å². The van der Waals surface area contributed by atoms with Crippen LogP contribution in [0.3, 0.4) is 0 Å². The van der Waals surface area contributed by atoms with E-state index in [4.69, 9.17) is 16.3 Å². The van der Waals surface area contributed by atoms with Gasteiger partial charge in [-0.15, -0.1) is 0 Å². The van der Waals surface area contributed by atoms with Gasteiger partial charge in [-0.05, 0) is 36.2 Å². The van der Waals surface area contributed by atoms with Crippen molar-refractivity contribution in [3.8, 4) is 0 Å². The summed E-state index contributed by atoms with van der Waals surface area (Å²) >= 11 is 9.43. The van der Waals surface area contributed by atoms with Crippen molar-refractivity contribution < 1.29 is 19.1 Å². The molecular weight excluding hydrogens is 472 g/mol. The van der Waals surface area contributed by atoms with Gasteiger partial charge in [-0.25, -0.2) is 4.79 Å². The highest BCUT2D eigenvalue weighted by atomic mass is 79.9. The van der Waals surface area contributed by atoms with Crippen LogP contribution in [-0.4, -0.2) is 30.9 Å². The molecule has 0 unspecified atom stereocenters. The fraction of sp³-hybridized carbons (Fsp3) is 0.318. The van der Waals surface area contributed by atoms with Crippen LogP contribution in [0.15, 0.2) is 53.0 Å². The second kappa shape index (κ2) is 11.7.